The molecule has 0 saturated heterocycles. The van der Waals surface area contributed by atoms with Crippen molar-refractivity contribution in [1.82, 2.24) is 4.57 Å². The minimum absolute atomic E-state index is 0.608. The smallest absolute Gasteiger partial charge is 0.0561 e. The Kier molecular flexibility index (Phi) is 8.33. The zero-order valence-corrected chi connectivity index (χ0v) is 29.6. The van der Waals surface area contributed by atoms with Gasteiger partial charge in [-0.3, -0.25) is 0 Å². The van der Waals surface area contributed by atoms with Gasteiger partial charge < -0.3 is 9.47 Å². The van der Waals surface area contributed by atoms with Crippen LogP contribution in [0.1, 0.15) is 0 Å². The molecule has 1 aromatic heterocycles. The number of rotatable bonds is 7. The maximum absolute atomic E-state index is 6.46. The molecule has 52 heavy (non-hydrogen) atoms. The van der Waals surface area contributed by atoms with Crippen LogP contribution < -0.4 is 4.90 Å². The quantitative estimate of drug-likeness (QED) is 0.160. The zero-order chi connectivity index (χ0) is 35.0. The van der Waals surface area contributed by atoms with Gasteiger partial charge in [-0.05, 0) is 106 Å². The molecule has 0 aliphatic rings. The van der Waals surface area contributed by atoms with Crippen molar-refractivity contribution in [3.63, 3.8) is 0 Å². The normalized spacial score (nSPS) is 11.3. The van der Waals surface area contributed by atoms with E-state index in [1.54, 1.807) is 6.07 Å². The summed E-state index contributed by atoms with van der Waals surface area (Å²) >= 11 is 12.9. The van der Waals surface area contributed by atoms with Crippen LogP contribution in [0.4, 0.5) is 17.1 Å². The lowest BCUT2D eigenvalue weighted by molar-refractivity contribution is 1.18. The van der Waals surface area contributed by atoms with E-state index in [2.05, 4.69) is 179 Å². The number of aromatic nitrogens is 1. The second-order valence-corrected chi connectivity index (χ2v) is 13.8. The van der Waals surface area contributed by atoms with Gasteiger partial charge in [-0.2, -0.15) is 0 Å². The van der Waals surface area contributed by atoms with Crippen LogP contribution in [0.2, 0.25) is 10.0 Å². The number of hydrogen-bond acceptors (Lipinski definition) is 1. The molecule has 0 fully saturated rings. The highest BCUT2D eigenvalue weighted by Crippen LogP contribution is 2.41. The summed E-state index contributed by atoms with van der Waals surface area (Å²) in [6.07, 6.45) is 0. The molecule has 0 unspecified atom stereocenters. The lowest BCUT2D eigenvalue weighted by Crippen LogP contribution is -2.10. The summed E-state index contributed by atoms with van der Waals surface area (Å²) in [5.41, 5.74) is 13.3. The average molecular weight is 708 g/mol. The summed E-state index contributed by atoms with van der Waals surface area (Å²) in [5, 5.41) is 3.63. The van der Waals surface area contributed by atoms with Gasteiger partial charge in [-0.1, -0.05) is 145 Å². The molecule has 8 aromatic carbocycles. The van der Waals surface area contributed by atoms with Gasteiger partial charge in [0, 0.05) is 43.6 Å². The van der Waals surface area contributed by atoms with Gasteiger partial charge in [0.2, 0.25) is 0 Å². The van der Waals surface area contributed by atoms with E-state index in [-0.39, 0.29) is 0 Å². The Morgan fingerprint density at radius 1 is 0.327 bits per heavy atom. The molecule has 248 valence electrons. The molecule has 2 nitrogen and oxygen atoms in total. The zero-order valence-electron chi connectivity index (χ0n) is 28.1. The molecule has 0 spiro atoms. The Morgan fingerprint density at radius 2 is 0.846 bits per heavy atom. The van der Waals surface area contributed by atoms with Crippen molar-refractivity contribution >= 4 is 62.1 Å². The van der Waals surface area contributed by atoms with Gasteiger partial charge in [-0.15, -0.1) is 0 Å². The topological polar surface area (TPSA) is 8.17 Å². The SMILES string of the molecule is Clc1cc(Cl)cc(-c2cccc(N(c3ccc(-c4ccccc4)cc3)c3ccc4c5ccccc5n(-c5ccc(-c6ccccc6)cc5)c4c3)c2)c1. The molecule has 0 aliphatic heterocycles. The van der Waals surface area contributed by atoms with E-state index in [1.807, 2.05) is 18.2 Å². The summed E-state index contributed by atoms with van der Waals surface area (Å²) in [7, 11) is 0. The Bertz CT molecular complexity index is 2660. The molecule has 9 aromatic rings. The predicted molar refractivity (Wildman–Crippen MR) is 222 cm³/mol. The fourth-order valence-electron chi connectivity index (χ4n) is 7.24. The van der Waals surface area contributed by atoms with Crippen LogP contribution >= 0.6 is 23.2 Å². The lowest BCUT2D eigenvalue weighted by atomic mass is 10.0. The monoisotopic (exact) mass is 706 g/mol. The van der Waals surface area contributed by atoms with Crippen LogP contribution in [0.15, 0.2) is 194 Å². The number of hydrogen-bond donors (Lipinski definition) is 0. The summed E-state index contributed by atoms with van der Waals surface area (Å²) < 4.78 is 2.38. The Morgan fingerprint density at radius 3 is 1.52 bits per heavy atom. The molecule has 4 heteroatoms. The van der Waals surface area contributed by atoms with E-state index in [0.717, 1.165) is 39.4 Å². The Balaban J connectivity index is 1.22. The van der Waals surface area contributed by atoms with Gasteiger partial charge in [0.1, 0.15) is 0 Å². The molecule has 0 aliphatic carbocycles. The molecule has 1 heterocycles. The van der Waals surface area contributed by atoms with Gasteiger partial charge in [0.25, 0.3) is 0 Å². The maximum Gasteiger partial charge on any atom is 0.0561 e. The first-order chi connectivity index (χ1) is 25.6. The van der Waals surface area contributed by atoms with Crippen LogP contribution in [0.3, 0.4) is 0 Å². The van der Waals surface area contributed by atoms with E-state index in [1.165, 1.54) is 38.5 Å². The fourth-order valence-corrected chi connectivity index (χ4v) is 7.76. The lowest BCUT2D eigenvalue weighted by Gasteiger charge is -2.26. The van der Waals surface area contributed by atoms with E-state index in [4.69, 9.17) is 23.2 Å². The summed E-state index contributed by atoms with van der Waals surface area (Å²) in [4.78, 5) is 2.32. The second-order valence-electron chi connectivity index (χ2n) is 12.9. The number of anilines is 3. The van der Waals surface area contributed by atoms with Crippen LogP contribution in [0.25, 0.3) is 60.9 Å². The minimum Gasteiger partial charge on any atom is -0.310 e. The Labute approximate surface area is 313 Å². The third-order valence-corrected chi connectivity index (χ3v) is 10.1. The van der Waals surface area contributed by atoms with Gasteiger partial charge in [0.15, 0.2) is 0 Å². The van der Waals surface area contributed by atoms with Crippen molar-refractivity contribution in [1.29, 1.82) is 0 Å². The maximum atomic E-state index is 6.46. The molecular formula is C48H32Cl2N2. The largest absolute Gasteiger partial charge is 0.310 e. The average Bonchev–Trinajstić information content (AvgIpc) is 3.52. The van der Waals surface area contributed by atoms with Gasteiger partial charge in [-0.25, -0.2) is 0 Å². The van der Waals surface area contributed by atoms with Crippen molar-refractivity contribution in [3.05, 3.63) is 204 Å². The van der Waals surface area contributed by atoms with Gasteiger partial charge >= 0.3 is 0 Å². The number of halogens is 2. The third kappa shape index (κ3) is 6.03. The van der Waals surface area contributed by atoms with Crippen LogP contribution in [0, 0.1) is 0 Å². The van der Waals surface area contributed by atoms with Crippen molar-refractivity contribution in [2.45, 2.75) is 0 Å². The molecule has 0 atom stereocenters. The van der Waals surface area contributed by atoms with Crippen molar-refractivity contribution in [3.8, 4) is 39.1 Å². The summed E-state index contributed by atoms with van der Waals surface area (Å²) in [6.45, 7) is 0. The summed E-state index contributed by atoms with van der Waals surface area (Å²) in [6, 6.07) is 68.4. The highest BCUT2D eigenvalue weighted by Gasteiger charge is 2.18. The molecule has 0 N–H and O–H groups in total. The molecule has 9 rings (SSSR count). The predicted octanol–water partition coefficient (Wildman–Crippen LogP) is 14.6. The van der Waals surface area contributed by atoms with Crippen LogP contribution in [-0.4, -0.2) is 4.57 Å². The fraction of sp³-hybridized carbons (Fsp3) is 0. The van der Waals surface area contributed by atoms with E-state index in [0.29, 0.717) is 10.0 Å². The van der Waals surface area contributed by atoms with Crippen LogP contribution in [0.5, 0.6) is 0 Å². The standard InChI is InChI=1S/C48H32Cl2N2/c49-39-28-38(29-40(50)31-39)37-14-9-15-43(30-37)51(41-22-18-35(19-23-41)33-10-3-1-4-11-33)44-26-27-46-45-16-7-8-17-47(45)52(48(46)32-44)42-24-20-36(21-25-42)34-12-5-2-6-13-34/h1-32H. The highest BCUT2D eigenvalue weighted by molar-refractivity contribution is 6.35. The minimum atomic E-state index is 0.608. The van der Waals surface area contributed by atoms with E-state index >= 15 is 0 Å². The van der Waals surface area contributed by atoms with Crippen molar-refractivity contribution in [2.75, 3.05) is 4.90 Å². The van der Waals surface area contributed by atoms with Crippen molar-refractivity contribution in [2.24, 2.45) is 0 Å². The first kappa shape index (κ1) is 31.9. The van der Waals surface area contributed by atoms with E-state index < -0.39 is 0 Å². The number of para-hydroxylation sites is 1. The van der Waals surface area contributed by atoms with Gasteiger partial charge in [0.05, 0.1) is 11.0 Å². The van der Waals surface area contributed by atoms with Crippen LogP contribution in [-0.2, 0) is 0 Å². The number of fused-ring (bicyclic) bond motifs is 3. The van der Waals surface area contributed by atoms with Crippen molar-refractivity contribution < 1.29 is 0 Å². The Hall–Kier alpha value is -6.06. The molecule has 0 radical (unpaired) electrons. The summed E-state index contributed by atoms with van der Waals surface area (Å²) in [5.74, 6) is 0. The highest BCUT2D eigenvalue weighted by atomic mass is 35.5. The number of nitrogens with zero attached hydrogens (tertiary/aromatic N) is 2. The first-order valence-corrected chi connectivity index (χ1v) is 18.1. The molecule has 0 amide bonds. The van der Waals surface area contributed by atoms with E-state index in [9.17, 15) is 0 Å². The molecular weight excluding hydrogens is 675 g/mol. The third-order valence-electron chi connectivity index (χ3n) is 9.68. The number of benzene rings is 8. The second kappa shape index (κ2) is 13.6. The first-order valence-electron chi connectivity index (χ1n) is 17.3. The molecule has 0 saturated carbocycles. The molecule has 0 bridgehead atoms.